The maximum atomic E-state index is 5.31. The fourth-order valence-corrected chi connectivity index (χ4v) is 3.28. The topological polar surface area (TPSA) is 25.2 Å². The number of hydrogen-bond donors (Lipinski definition) is 1. The summed E-state index contributed by atoms with van der Waals surface area (Å²) >= 11 is 1.94. The first-order valence-corrected chi connectivity index (χ1v) is 7.85. The lowest BCUT2D eigenvalue weighted by Crippen LogP contribution is -2.38. The molecule has 0 saturated heterocycles. The minimum atomic E-state index is 0.757. The van der Waals surface area contributed by atoms with E-state index in [4.69, 9.17) is 4.42 Å². The van der Waals surface area contributed by atoms with Crippen molar-refractivity contribution in [2.24, 2.45) is 5.92 Å². The molecule has 3 heteroatoms. The van der Waals surface area contributed by atoms with Crippen molar-refractivity contribution in [1.29, 1.82) is 0 Å². The summed E-state index contributed by atoms with van der Waals surface area (Å²) in [5.41, 5.74) is 0. The SMILES string of the molecule is CC1CCCCC1NCCSCc1ccco1. The van der Waals surface area contributed by atoms with Crippen molar-refractivity contribution in [3.05, 3.63) is 24.2 Å². The molecule has 1 aromatic rings. The second-order valence-corrected chi connectivity index (χ2v) is 6.06. The van der Waals surface area contributed by atoms with Gasteiger partial charge in [-0.3, -0.25) is 0 Å². The molecule has 0 radical (unpaired) electrons. The molecule has 0 aromatic carbocycles. The van der Waals surface area contributed by atoms with Crippen molar-refractivity contribution in [1.82, 2.24) is 5.32 Å². The summed E-state index contributed by atoms with van der Waals surface area (Å²) in [6, 6.07) is 4.76. The zero-order chi connectivity index (χ0) is 11.9. The summed E-state index contributed by atoms with van der Waals surface area (Å²) in [5, 5.41) is 3.70. The average molecular weight is 253 g/mol. The molecular formula is C14H23NOS. The van der Waals surface area contributed by atoms with Crippen molar-refractivity contribution >= 4 is 11.8 Å². The van der Waals surface area contributed by atoms with Crippen LogP contribution in [0.5, 0.6) is 0 Å². The third-order valence-corrected chi connectivity index (χ3v) is 4.57. The van der Waals surface area contributed by atoms with E-state index in [2.05, 4.69) is 12.2 Å². The molecule has 1 fully saturated rings. The minimum Gasteiger partial charge on any atom is -0.468 e. The summed E-state index contributed by atoms with van der Waals surface area (Å²) in [4.78, 5) is 0. The Morgan fingerprint density at radius 3 is 3.06 bits per heavy atom. The Bertz CT molecular complexity index is 299. The average Bonchev–Trinajstić information content (AvgIpc) is 2.84. The van der Waals surface area contributed by atoms with Crippen LogP contribution in [0.25, 0.3) is 0 Å². The molecule has 0 spiro atoms. The predicted octanol–water partition coefficient (Wildman–Crippen LogP) is 3.68. The van der Waals surface area contributed by atoms with E-state index in [1.54, 1.807) is 6.26 Å². The van der Waals surface area contributed by atoms with Gasteiger partial charge in [-0.05, 0) is 30.9 Å². The normalized spacial score (nSPS) is 25.0. The fourth-order valence-electron chi connectivity index (χ4n) is 2.50. The van der Waals surface area contributed by atoms with E-state index < -0.39 is 0 Å². The summed E-state index contributed by atoms with van der Waals surface area (Å²) in [7, 11) is 0. The van der Waals surface area contributed by atoms with Gasteiger partial charge in [-0.1, -0.05) is 19.8 Å². The molecule has 1 N–H and O–H groups in total. The highest BCUT2D eigenvalue weighted by Gasteiger charge is 2.19. The summed E-state index contributed by atoms with van der Waals surface area (Å²) in [6.45, 7) is 3.51. The van der Waals surface area contributed by atoms with E-state index in [0.29, 0.717) is 0 Å². The van der Waals surface area contributed by atoms with Gasteiger partial charge in [0.15, 0.2) is 0 Å². The molecule has 1 aliphatic rings. The Labute approximate surface area is 109 Å². The molecule has 1 aliphatic carbocycles. The zero-order valence-corrected chi connectivity index (χ0v) is 11.5. The smallest absolute Gasteiger partial charge is 0.113 e. The molecule has 1 saturated carbocycles. The Hall–Kier alpha value is -0.410. The second-order valence-electron chi connectivity index (χ2n) is 4.95. The highest BCUT2D eigenvalue weighted by atomic mass is 32.2. The third-order valence-electron chi connectivity index (χ3n) is 3.59. The largest absolute Gasteiger partial charge is 0.468 e. The number of furan rings is 1. The van der Waals surface area contributed by atoms with Gasteiger partial charge < -0.3 is 9.73 Å². The Kier molecular flexibility index (Phi) is 5.46. The van der Waals surface area contributed by atoms with Crippen LogP contribution in [0, 0.1) is 5.92 Å². The summed E-state index contributed by atoms with van der Waals surface area (Å²) in [6.07, 6.45) is 7.34. The molecule has 1 heterocycles. The van der Waals surface area contributed by atoms with Gasteiger partial charge in [0.1, 0.15) is 5.76 Å². The van der Waals surface area contributed by atoms with Gasteiger partial charge in [-0.15, -0.1) is 0 Å². The quantitative estimate of drug-likeness (QED) is 0.783. The third kappa shape index (κ3) is 4.40. The van der Waals surface area contributed by atoms with Crippen LogP contribution in [0.3, 0.4) is 0 Å². The Balaban J connectivity index is 1.53. The molecule has 0 bridgehead atoms. The molecule has 2 rings (SSSR count). The van der Waals surface area contributed by atoms with E-state index >= 15 is 0 Å². The Morgan fingerprint density at radius 2 is 2.29 bits per heavy atom. The van der Waals surface area contributed by atoms with Gasteiger partial charge >= 0.3 is 0 Å². The van der Waals surface area contributed by atoms with Crippen molar-refractivity contribution in [3.63, 3.8) is 0 Å². The number of hydrogen-bond acceptors (Lipinski definition) is 3. The number of nitrogens with one attached hydrogen (secondary N) is 1. The van der Waals surface area contributed by atoms with Crippen LogP contribution in [0.1, 0.15) is 38.4 Å². The summed E-state index contributed by atoms with van der Waals surface area (Å²) in [5.74, 6) is 4.11. The van der Waals surface area contributed by atoms with E-state index in [1.807, 2.05) is 23.9 Å². The maximum Gasteiger partial charge on any atom is 0.113 e. The molecule has 96 valence electrons. The monoisotopic (exact) mass is 253 g/mol. The summed E-state index contributed by atoms with van der Waals surface area (Å²) < 4.78 is 5.31. The first-order valence-electron chi connectivity index (χ1n) is 6.70. The van der Waals surface area contributed by atoms with Gasteiger partial charge in [0.2, 0.25) is 0 Å². The van der Waals surface area contributed by atoms with Crippen molar-refractivity contribution in [2.75, 3.05) is 12.3 Å². The predicted molar refractivity (Wildman–Crippen MR) is 74.3 cm³/mol. The van der Waals surface area contributed by atoms with Crippen LogP contribution in [0.4, 0.5) is 0 Å². The number of rotatable bonds is 6. The van der Waals surface area contributed by atoms with Gasteiger partial charge in [0.25, 0.3) is 0 Å². The number of thioether (sulfide) groups is 1. The van der Waals surface area contributed by atoms with Crippen molar-refractivity contribution in [3.8, 4) is 0 Å². The van der Waals surface area contributed by atoms with Gasteiger partial charge in [-0.2, -0.15) is 11.8 Å². The van der Waals surface area contributed by atoms with Gasteiger partial charge in [-0.25, -0.2) is 0 Å². The van der Waals surface area contributed by atoms with Crippen LogP contribution in [-0.4, -0.2) is 18.3 Å². The van der Waals surface area contributed by atoms with Crippen molar-refractivity contribution in [2.45, 2.75) is 44.4 Å². The van der Waals surface area contributed by atoms with E-state index in [1.165, 1.54) is 31.4 Å². The van der Waals surface area contributed by atoms with Gasteiger partial charge in [0.05, 0.1) is 12.0 Å². The van der Waals surface area contributed by atoms with Crippen LogP contribution < -0.4 is 5.32 Å². The standard InChI is InChI=1S/C14H23NOS/c1-12-5-2-3-7-14(12)15-8-10-17-11-13-6-4-9-16-13/h4,6,9,12,14-15H,2-3,5,7-8,10-11H2,1H3. The lowest BCUT2D eigenvalue weighted by Gasteiger charge is -2.29. The minimum absolute atomic E-state index is 0.757. The molecular weight excluding hydrogens is 230 g/mol. The molecule has 1 aromatic heterocycles. The van der Waals surface area contributed by atoms with Crippen molar-refractivity contribution < 1.29 is 4.42 Å². The van der Waals surface area contributed by atoms with E-state index in [0.717, 1.165) is 30.0 Å². The van der Waals surface area contributed by atoms with Crippen LogP contribution in [-0.2, 0) is 5.75 Å². The van der Waals surface area contributed by atoms with E-state index in [-0.39, 0.29) is 0 Å². The molecule has 2 unspecified atom stereocenters. The second kappa shape index (κ2) is 7.12. The molecule has 2 atom stereocenters. The first kappa shape index (κ1) is 13.0. The van der Waals surface area contributed by atoms with Crippen LogP contribution in [0.2, 0.25) is 0 Å². The molecule has 2 nitrogen and oxygen atoms in total. The highest BCUT2D eigenvalue weighted by Crippen LogP contribution is 2.23. The Morgan fingerprint density at radius 1 is 1.41 bits per heavy atom. The van der Waals surface area contributed by atoms with Crippen LogP contribution in [0.15, 0.2) is 22.8 Å². The lowest BCUT2D eigenvalue weighted by atomic mass is 9.86. The lowest BCUT2D eigenvalue weighted by molar-refractivity contribution is 0.285. The fraction of sp³-hybridized carbons (Fsp3) is 0.714. The van der Waals surface area contributed by atoms with E-state index in [9.17, 15) is 0 Å². The molecule has 0 amide bonds. The first-order chi connectivity index (χ1) is 8.36. The molecule has 0 aliphatic heterocycles. The zero-order valence-electron chi connectivity index (χ0n) is 10.7. The molecule has 17 heavy (non-hydrogen) atoms. The maximum absolute atomic E-state index is 5.31. The van der Waals surface area contributed by atoms with Crippen LogP contribution >= 0.6 is 11.8 Å². The highest BCUT2D eigenvalue weighted by molar-refractivity contribution is 7.98. The van der Waals surface area contributed by atoms with Gasteiger partial charge in [0, 0.05) is 18.3 Å².